The summed E-state index contributed by atoms with van der Waals surface area (Å²) < 4.78 is 15.5. The predicted molar refractivity (Wildman–Crippen MR) is 97.0 cm³/mol. The molecule has 0 spiro atoms. The molecule has 136 valence electrons. The van der Waals surface area contributed by atoms with E-state index < -0.39 is 11.9 Å². The highest BCUT2D eigenvalue weighted by Gasteiger charge is 2.07. The number of benzene rings is 2. The van der Waals surface area contributed by atoms with Crippen molar-refractivity contribution in [3.05, 3.63) is 53.1 Å². The molecule has 0 aliphatic carbocycles. The number of ether oxygens (including phenoxy) is 3. The molecule has 8 heteroatoms. The van der Waals surface area contributed by atoms with Gasteiger partial charge >= 0.3 is 5.97 Å². The van der Waals surface area contributed by atoms with Crippen molar-refractivity contribution in [1.82, 2.24) is 5.43 Å². The van der Waals surface area contributed by atoms with Crippen molar-refractivity contribution in [2.75, 3.05) is 13.7 Å². The van der Waals surface area contributed by atoms with Crippen LogP contribution in [0.15, 0.2) is 47.6 Å². The normalized spacial score (nSPS) is 10.4. The Kier molecular flexibility index (Phi) is 6.99. The monoisotopic (exact) mass is 376 g/mol. The van der Waals surface area contributed by atoms with Crippen LogP contribution in [0, 0.1) is 0 Å². The quantitative estimate of drug-likeness (QED) is 0.347. The van der Waals surface area contributed by atoms with Gasteiger partial charge in [-0.25, -0.2) is 5.43 Å². The molecule has 1 amide bonds. The van der Waals surface area contributed by atoms with Gasteiger partial charge in [-0.05, 0) is 48.0 Å². The van der Waals surface area contributed by atoms with Crippen molar-refractivity contribution < 1.29 is 23.8 Å². The fourth-order valence-corrected chi connectivity index (χ4v) is 2.02. The summed E-state index contributed by atoms with van der Waals surface area (Å²) in [5.74, 6) is 0.343. The van der Waals surface area contributed by atoms with Crippen LogP contribution in [0.25, 0.3) is 0 Å². The average molecular weight is 377 g/mol. The van der Waals surface area contributed by atoms with Crippen molar-refractivity contribution in [1.29, 1.82) is 0 Å². The Bertz CT molecular complexity index is 806. The van der Waals surface area contributed by atoms with Crippen molar-refractivity contribution >= 4 is 29.7 Å². The Morgan fingerprint density at radius 2 is 1.88 bits per heavy atom. The Balaban J connectivity index is 1.87. The van der Waals surface area contributed by atoms with Gasteiger partial charge in [0.1, 0.15) is 5.75 Å². The maximum absolute atomic E-state index is 11.7. The lowest BCUT2D eigenvalue weighted by atomic mass is 10.2. The van der Waals surface area contributed by atoms with Gasteiger partial charge in [0.15, 0.2) is 18.1 Å². The molecule has 26 heavy (non-hydrogen) atoms. The first-order valence-electron chi connectivity index (χ1n) is 7.54. The first kappa shape index (κ1) is 19.3. The molecular formula is C18H17ClN2O5. The van der Waals surface area contributed by atoms with Gasteiger partial charge in [0.25, 0.3) is 5.91 Å². The van der Waals surface area contributed by atoms with Gasteiger partial charge in [0, 0.05) is 11.9 Å². The van der Waals surface area contributed by atoms with Crippen LogP contribution in [0.4, 0.5) is 0 Å². The Hall–Kier alpha value is -3.06. The minimum absolute atomic E-state index is 0.187. The number of hydrazone groups is 1. The van der Waals surface area contributed by atoms with Crippen LogP contribution in [0.2, 0.25) is 5.02 Å². The number of hydrogen-bond donors (Lipinski definition) is 1. The van der Waals surface area contributed by atoms with Crippen LogP contribution < -0.4 is 19.6 Å². The molecule has 0 unspecified atom stereocenters. The summed E-state index contributed by atoms with van der Waals surface area (Å²) in [4.78, 5) is 22.7. The van der Waals surface area contributed by atoms with E-state index >= 15 is 0 Å². The molecule has 0 aromatic heterocycles. The summed E-state index contributed by atoms with van der Waals surface area (Å²) in [5, 5.41) is 4.43. The number of amides is 1. The van der Waals surface area contributed by atoms with Gasteiger partial charge < -0.3 is 14.2 Å². The molecule has 1 N–H and O–H groups in total. The molecule has 0 fully saturated rings. The van der Waals surface area contributed by atoms with Gasteiger partial charge in [-0.1, -0.05) is 11.6 Å². The van der Waals surface area contributed by atoms with E-state index in [-0.39, 0.29) is 6.61 Å². The number of esters is 1. The second-order valence-electron chi connectivity index (χ2n) is 5.04. The second kappa shape index (κ2) is 9.43. The standard InChI is InChI=1S/C18H17ClN2O5/c1-12(22)26-16-8-3-13(9-17(16)24-2)10-20-21-18(23)11-25-15-6-4-14(19)5-7-15/h3-10H,11H2,1-2H3,(H,21,23). The molecule has 0 radical (unpaired) electrons. The van der Waals surface area contributed by atoms with E-state index in [1.807, 2.05) is 0 Å². The zero-order chi connectivity index (χ0) is 18.9. The number of nitrogens with one attached hydrogen (secondary N) is 1. The zero-order valence-electron chi connectivity index (χ0n) is 14.2. The molecule has 2 aromatic rings. The van der Waals surface area contributed by atoms with E-state index in [1.165, 1.54) is 20.2 Å². The first-order chi connectivity index (χ1) is 12.5. The first-order valence-corrected chi connectivity index (χ1v) is 7.92. The topological polar surface area (TPSA) is 86.2 Å². The zero-order valence-corrected chi connectivity index (χ0v) is 14.9. The highest BCUT2D eigenvalue weighted by Crippen LogP contribution is 2.27. The number of carbonyl (C=O) groups is 2. The molecule has 0 heterocycles. The van der Waals surface area contributed by atoms with E-state index in [0.717, 1.165) is 0 Å². The third kappa shape index (κ3) is 6.10. The van der Waals surface area contributed by atoms with Crippen molar-refractivity contribution in [3.8, 4) is 17.2 Å². The fourth-order valence-electron chi connectivity index (χ4n) is 1.89. The Labute approximate surface area is 155 Å². The molecule has 7 nitrogen and oxygen atoms in total. The summed E-state index contributed by atoms with van der Waals surface area (Å²) in [6.45, 7) is 1.12. The fraction of sp³-hybridized carbons (Fsp3) is 0.167. The summed E-state index contributed by atoms with van der Waals surface area (Å²) in [5.41, 5.74) is 3.00. The summed E-state index contributed by atoms with van der Waals surface area (Å²) in [6, 6.07) is 11.5. The Morgan fingerprint density at radius 3 is 2.54 bits per heavy atom. The number of nitrogens with zero attached hydrogens (tertiary/aromatic N) is 1. The molecule has 0 aliphatic heterocycles. The van der Waals surface area contributed by atoms with Crippen LogP contribution >= 0.6 is 11.6 Å². The number of rotatable bonds is 7. The maximum atomic E-state index is 11.7. The smallest absolute Gasteiger partial charge is 0.308 e. The largest absolute Gasteiger partial charge is 0.493 e. The number of carbonyl (C=O) groups excluding carboxylic acids is 2. The van der Waals surface area contributed by atoms with Crippen LogP contribution in [-0.2, 0) is 9.59 Å². The summed E-state index contributed by atoms with van der Waals surface area (Å²) >= 11 is 5.77. The van der Waals surface area contributed by atoms with Crippen LogP contribution in [0.5, 0.6) is 17.2 Å². The van der Waals surface area contributed by atoms with Gasteiger partial charge in [-0.2, -0.15) is 5.10 Å². The molecule has 0 bridgehead atoms. The Morgan fingerprint density at radius 1 is 1.15 bits per heavy atom. The number of methoxy groups -OCH3 is 1. The highest BCUT2D eigenvalue weighted by molar-refractivity contribution is 6.30. The van der Waals surface area contributed by atoms with Gasteiger partial charge in [0.2, 0.25) is 0 Å². The van der Waals surface area contributed by atoms with Crippen molar-refractivity contribution in [2.45, 2.75) is 6.92 Å². The van der Waals surface area contributed by atoms with Gasteiger partial charge in [-0.3, -0.25) is 9.59 Å². The summed E-state index contributed by atoms with van der Waals surface area (Å²) in [6.07, 6.45) is 1.43. The van der Waals surface area contributed by atoms with E-state index in [2.05, 4.69) is 10.5 Å². The number of hydrogen-bond acceptors (Lipinski definition) is 6. The van der Waals surface area contributed by atoms with Crippen molar-refractivity contribution in [3.63, 3.8) is 0 Å². The molecule has 2 aromatic carbocycles. The third-order valence-corrected chi connectivity index (χ3v) is 3.28. The van der Waals surface area contributed by atoms with Crippen molar-refractivity contribution in [2.24, 2.45) is 5.10 Å². The summed E-state index contributed by atoms with van der Waals surface area (Å²) in [7, 11) is 1.46. The molecule has 2 rings (SSSR count). The minimum atomic E-state index is -0.447. The third-order valence-electron chi connectivity index (χ3n) is 3.03. The van der Waals surface area contributed by atoms with Crippen LogP contribution in [-0.4, -0.2) is 31.8 Å². The maximum Gasteiger partial charge on any atom is 0.308 e. The molecule has 0 aliphatic rings. The van der Waals surface area contributed by atoms with E-state index in [9.17, 15) is 9.59 Å². The highest BCUT2D eigenvalue weighted by atomic mass is 35.5. The van der Waals surface area contributed by atoms with E-state index in [1.54, 1.807) is 42.5 Å². The van der Waals surface area contributed by atoms with E-state index in [0.29, 0.717) is 27.8 Å². The second-order valence-corrected chi connectivity index (χ2v) is 5.48. The van der Waals surface area contributed by atoms with Gasteiger partial charge in [0.05, 0.1) is 13.3 Å². The lowest BCUT2D eigenvalue weighted by Gasteiger charge is -2.08. The predicted octanol–water partition coefficient (Wildman–Crippen LogP) is 2.80. The number of halogens is 1. The molecular weight excluding hydrogens is 360 g/mol. The minimum Gasteiger partial charge on any atom is -0.493 e. The molecule has 0 atom stereocenters. The lowest BCUT2D eigenvalue weighted by Crippen LogP contribution is -2.24. The van der Waals surface area contributed by atoms with E-state index in [4.69, 9.17) is 25.8 Å². The SMILES string of the molecule is COc1cc(C=NNC(=O)COc2ccc(Cl)cc2)ccc1OC(C)=O. The van der Waals surface area contributed by atoms with Crippen LogP contribution in [0.1, 0.15) is 12.5 Å². The van der Waals surface area contributed by atoms with Gasteiger partial charge in [-0.15, -0.1) is 0 Å². The average Bonchev–Trinajstić information content (AvgIpc) is 2.62. The molecule has 0 saturated carbocycles. The van der Waals surface area contributed by atoms with Crippen LogP contribution in [0.3, 0.4) is 0 Å². The lowest BCUT2D eigenvalue weighted by molar-refractivity contribution is -0.132. The molecule has 0 saturated heterocycles.